The minimum absolute atomic E-state index is 0.294. The second kappa shape index (κ2) is 5.11. The lowest BCUT2D eigenvalue weighted by molar-refractivity contribution is 0.00578. The van der Waals surface area contributed by atoms with Crippen molar-refractivity contribution in [3.63, 3.8) is 0 Å². The van der Waals surface area contributed by atoms with Gasteiger partial charge < -0.3 is 9.31 Å². The molecule has 2 nitrogen and oxygen atoms in total. The molecule has 0 N–H and O–H groups in total. The maximum absolute atomic E-state index is 6.15. The molecule has 1 atom stereocenters. The van der Waals surface area contributed by atoms with Crippen LogP contribution in [0.3, 0.4) is 0 Å². The van der Waals surface area contributed by atoms with Crippen LogP contribution < -0.4 is 5.46 Å². The summed E-state index contributed by atoms with van der Waals surface area (Å²) in [5.74, 6) is 0.472. The normalized spacial score (nSPS) is 27.3. The van der Waals surface area contributed by atoms with Gasteiger partial charge in [0.15, 0.2) is 0 Å². The zero-order valence-corrected chi connectivity index (χ0v) is 14.4. The average Bonchev–Trinajstić information content (AvgIpc) is 2.67. The van der Waals surface area contributed by atoms with E-state index >= 15 is 0 Å². The molecule has 0 aromatic heterocycles. The van der Waals surface area contributed by atoms with Crippen LogP contribution in [0.15, 0.2) is 30.4 Å². The van der Waals surface area contributed by atoms with Crippen molar-refractivity contribution in [1.29, 1.82) is 0 Å². The van der Waals surface area contributed by atoms with E-state index in [-0.39, 0.29) is 18.3 Å². The Bertz CT molecular complexity index is 639. The van der Waals surface area contributed by atoms with Gasteiger partial charge in [0.25, 0.3) is 0 Å². The van der Waals surface area contributed by atoms with E-state index in [0.717, 1.165) is 5.46 Å². The van der Waals surface area contributed by atoms with Crippen molar-refractivity contribution in [3.05, 3.63) is 41.5 Å². The van der Waals surface area contributed by atoms with Gasteiger partial charge in [-0.2, -0.15) is 0 Å². The number of hydrogen-bond acceptors (Lipinski definition) is 2. The number of fused-ring (bicyclic) bond motifs is 1. The molecule has 3 heteroatoms. The molecular weight excluding hydrogens is 271 g/mol. The van der Waals surface area contributed by atoms with Crippen LogP contribution in [0, 0.1) is 5.92 Å². The van der Waals surface area contributed by atoms with Gasteiger partial charge in [0.05, 0.1) is 11.2 Å². The van der Waals surface area contributed by atoms with Crippen molar-refractivity contribution in [2.45, 2.75) is 52.7 Å². The summed E-state index contributed by atoms with van der Waals surface area (Å²) in [5.41, 5.74) is 4.44. The summed E-state index contributed by atoms with van der Waals surface area (Å²) in [5, 5.41) is 0. The van der Waals surface area contributed by atoms with Crippen LogP contribution in [0.25, 0.3) is 11.6 Å². The van der Waals surface area contributed by atoms with Gasteiger partial charge in [-0.3, -0.25) is 0 Å². The number of hydrogen-bond donors (Lipinski definition) is 0. The molecule has 116 valence electrons. The Hall–Kier alpha value is -1.32. The van der Waals surface area contributed by atoms with Gasteiger partial charge in [0.1, 0.15) is 0 Å². The smallest absolute Gasteiger partial charge is 0.399 e. The van der Waals surface area contributed by atoms with E-state index in [1.54, 1.807) is 0 Å². The first-order chi connectivity index (χ1) is 10.2. The fraction of sp³-hybridized carbons (Fsp3) is 0.474. The molecule has 1 aromatic carbocycles. The molecule has 0 spiro atoms. The summed E-state index contributed by atoms with van der Waals surface area (Å²) >= 11 is 0. The molecule has 22 heavy (non-hydrogen) atoms. The number of allylic oxidation sites excluding steroid dienone is 3. The van der Waals surface area contributed by atoms with Crippen LogP contribution in [-0.4, -0.2) is 18.3 Å². The van der Waals surface area contributed by atoms with Crippen molar-refractivity contribution < 1.29 is 9.31 Å². The average molecular weight is 296 g/mol. The molecule has 1 aromatic rings. The van der Waals surface area contributed by atoms with E-state index in [4.69, 9.17) is 9.31 Å². The molecule has 0 amide bonds. The second-order valence-electron chi connectivity index (χ2n) is 7.33. The second-order valence-corrected chi connectivity index (χ2v) is 7.33. The third kappa shape index (κ3) is 2.37. The molecule has 1 saturated heterocycles. The molecule has 0 bridgehead atoms. The minimum Gasteiger partial charge on any atom is -0.399 e. The zero-order valence-electron chi connectivity index (χ0n) is 14.4. The molecular formula is C19H25BO2. The highest BCUT2D eigenvalue weighted by atomic mass is 16.7. The molecule has 3 rings (SSSR count). The Morgan fingerprint density at radius 2 is 1.73 bits per heavy atom. The highest BCUT2D eigenvalue weighted by Crippen LogP contribution is 2.37. The van der Waals surface area contributed by atoms with Gasteiger partial charge in [-0.15, -0.1) is 0 Å². The zero-order chi connectivity index (χ0) is 16.1. The molecule has 0 saturated carbocycles. The topological polar surface area (TPSA) is 18.5 Å². The van der Waals surface area contributed by atoms with E-state index in [1.165, 1.54) is 16.7 Å². The predicted octanol–water partition coefficient (Wildman–Crippen LogP) is 4.05. The van der Waals surface area contributed by atoms with Crippen LogP contribution >= 0.6 is 0 Å². The van der Waals surface area contributed by atoms with Gasteiger partial charge in [-0.05, 0) is 62.7 Å². The molecule has 0 radical (unpaired) electrons. The van der Waals surface area contributed by atoms with E-state index < -0.39 is 0 Å². The molecule has 1 aliphatic heterocycles. The van der Waals surface area contributed by atoms with E-state index in [0.29, 0.717) is 5.92 Å². The fourth-order valence-electron chi connectivity index (χ4n) is 3.12. The lowest BCUT2D eigenvalue weighted by Gasteiger charge is -2.32. The highest BCUT2D eigenvalue weighted by molar-refractivity contribution is 6.62. The van der Waals surface area contributed by atoms with Gasteiger partial charge in [-0.25, -0.2) is 0 Å². The van der Waals surface area contributed by atoms with Crippen molar-refractivity contribution >= 4 is 24.2 Å². The van der Waals surface area contributed by atoms with E-state index in [1.807, 2.05) is 0 Å². The number of benzene rings is 1. The lowest BCUT2D eigenvalue weighted by Crippen LogP contribution is -2.41. The monoisotopic (exact) mass is 296 g/mol. The molecule has 1 heterocycles. The molecule has 1 unspecified atom stereocenters. The highest BCUT2D eigenvalue weighted by Gasteiger charge is 2.51. The number of rotatable bonds is 1. The van der Waals surface area contributed by atoms with Crippen LogP contribution in [-0.2, 0) is 9.31 Å². The third-order valence-electron chi connectivity index (χ3n) is 5.28. The largest absolute Gasteiger partial charge is 0.494 e. The van der Waals surface area contributed by atoms with Gasteiger partial charge in [0, 0.05) is 0 Å². The van der Waals surface area contributed by atoms with Crippen LogP contribution in [0.1, 0.15) is 52.7 Å². The standard InChI is InChI=1S/C19H25BO2/c1-7-16-13(2)8-9-14-12-15(10-11-17(14)16)20-21-18(3,4)19(5,6)22-20/h7-13H,1-6H3. The minimum atomic E-state index is -0.299. The Morgan fingerprint density at radius 3 is 2.32 bits per heavy atom. The van der Waals surface area contributed by atoms with Crippen LogP contribution in [0.2, 0.25) is 0 Å². The fourth-order valence-corrected chi connectivity index (χ4v) is 3.12. The van der Waals surface area contributed by atoms with Gasteiger partial charge in [-0.1, -0.05) is 43.4 Å². The van der Waals surface area contributed by atoms with Gasteiger partial charge in [0.2, 0.25) is 0 Å². The predicted molar refractivity (Wildman–Crippen MR) is 94.0 cm³/mol. The first kappa shape index (κ1) is 15.6. The summed E-state index contributed by atoms with van der Waals surface area (Å²) in [4.78, 5) is 0. The molecule has 1 fully saturated rings. The van der Waals surface area contributed by atoms with Crippen molar-refractivity contribution in [1.82, 2.24) is 0 Å². The van der Waals surface area contributed by atoms with E-state index in [2.05, 4.69) is 78.0 Å². The molecule has 2 aliphatic rings. The summed E-state index contributed by atoms with van der Waals surface area (Å²) in [6.45, 7) is 12.7. The summed E-state index contributed by atoms with van der Waals surface area (Å²) in [6.07, 6.45) is 6.68. The quantitative estimate of drug-likeness (QED) is 0.728. The SMILES string of the molecule is CC=C1c2ccc(B3OC(C)(C)C(C)(C)O3)cc2C=CC1C. The van der Waals surface area contributed by atoms with E-state index in [9.17, 15) is 0 Å². The Kier molecular flexibility index (Phi) is 3.62. The Balaban J connectivity index is 1.96. The van der Waals surface area contributed by atoms with Crippen LogP contribution in [0.5, 0.6) is 0 Å². The molecule has 1 aliphatic carbocycles. The summed E-state index contributed by atoms with van der Waals surface area (Å²) < 4.78 is 12.3. The Labute approximate surface area is 134 Å². The maximum atomic E-state index is 6.15. The van der Waals surface area contributed by atoms with Crippen LogP contribution in [0.4, 0.5) is 0 Å². The van der Waals surface area contributed by atoms with Crippen molar-refractivity contribution in [2.75, 3.05) is 0 Å². The summed E-state index contributed by atoms with van der Waals surface area (Å²) in [6, 6.07) is 6.53. The van der Waals surface area contributed by atoms with Crippen molar-refractivity contribution in [3.8, 4) is 0 Å². The first-order valence-corrected chi connectivity index (χ1v) is 8.09. The third-order valence-corrected chi connectivity index (χ3v) is 5.28. The summed E-state index contributed by atoms with van der Waals surface area (Å²) in [7, 11) is -0.294. The Morgan fingerprint density at radius 1 is 1.09 bits per heavy atom. The lowest BCUT2D eigenvalue weighted by atomic mass is 9.75. The van der Waals surface area contributed by atoms with Gasteiger partial charge >= 0.3 is 7.12 Å². The van der Waals surface area contributed by atoms with Crippen molar-refractivity contribution in [2.24, 2.45) is 5.92 Å². The first-order valence-electron chi connectivity index (χ1n) is 8.09. The maximum Gasteiger partial charge on any atom is 0.494 e.